The van der Waals surface area contributed by atoms with Gasteiger partial charge in [-0.25, -0.2) is 9.07 Å². The van der Waals surface area contributed by atoms with Gasteiger partial charge in [-0.2, -0.15) is 0 Å². The maximum atomic E-state index is 14.3. The van der Waals surface area contributed by atoms with E-state index in [4.69, 9.17) is 0 Å². The molecule has 2 amide bonds. The van der Waals surface area contributed by atoms with Gasteiger partial charge in [0.15, 0.2) is 5.82 Å². The molecule has 1 atom stereocenters. The Hall–Kier alpha value is -3.88. The highest BCUT2D eigenvalue weighted by Gasteiger charge is 2.31. The molecule has 184 valence electrons. The molecule has 0 bridgehead atoms. The van der Waals surface area contributed by atoms with E-state index in [-0.39, 0.29) is 37.7 Å². The number of carbonyl (C=O) groups excluding carboxylic acids is 2. The number of halogens is 4. The van der Waals surface area contributed by atoms with Crippen LogP contribution in [0, 0.1) is 0 Å². The molecule has 0 spiro atoms. The van der Waals surface area contributed by atoms with Gasteiger partial charge in [0.25, 0.3) is 5.91 Å². The van der Waals surface area contributed by atoms with Gasteiger partial charge in [0, 0.05) is 19.8 Å². The van der Waals surface area contributed by atoms with E-state index in [1.54, 1.807) is 0 Å². The normalized spacial score (nSPS) is 14.3. The van der Waals surface area contributed by atoms with E-state index in [1.807, 2.05) is 0 Å². The minimum atomic E-state index is -4.83. The summed E-state index contributed by atoms with van der Waals surface area (Å²) in [5.74, 6) is -1.22. The molecule has 15 heteroatoms. The van der Waals surface area contributed by atoms with Crippen LogP contribution in [0.5, 0.6) is 5.75 Å². The average molecular weight is 486 g/mol. The molecule has 34 heavy (non-hydrogen) atoms. The van der Waals surface area contributed by atoms with E-state index in [0.717, 1.165) is 12.1 Å². The van der Waals surface area contributed by atoms with E-state index in [2.05, 4.69) is 36.6 Å². The van der Waals surface area contributed by atoms with Crippen molar-refractivity contribution in [1.82, 2.24) is 36.3 Å². The molecule has 2 aromatic rings. The third-order valence-electron chi connectivity index (χ3n) is 4.46. The summed E-state index contributed by atoms with van der Waals surface area (Å²) in [6.07, 6.45) is -3.38. The molecule has 0 saturated heterocycles. The molecule has 11 nitrogen and oxygen atoms in total. The van der Waals surface area contributed by atoms with E-state index in [0.29, 0.717) is 11.3 Å². The summed E-state index contributed by atoms with van der Waals surface area (Å²) >= 11 is 0. The maximum absolute atomic E-state index is 14.3. The number of anilines is 1. The Morgan fingerprint density at radius 3 is 2.82 bits per heavy atom. The van der Waals surface area contributed by atoms with Crippen LogP contribution in [0.4, 0.5) is 23.4 Å². The van der Waals surface area contributed by atoms with E-state index >= 15 is 0 Å². The standard InChI is InChI=1S/C19H22F4N8O3/c1-24-18(33)15-10-30(28-26-15)6-5-13(20)9-31-11-16(27-29-31)25-17(32)8-12-3-2-4-14(7-12)34-19(21,22)23/h2-4,7,10-11,13,26,28H,5-6,8-9H2,1H3,(H,24,33)(H,25,32). The number of likely N-dealkylation sites (N-methyl/N-ethyl adjacent to an activating group) is 1. The van der Waals surface area contributed by atoms with Crippen molar-refractivity contribution in [2.24, 2.45) is 0 Å². The predicted octanol–water partition coefficient (Wildman–Crippen LogP) is 0.998. The number of hydrogen-bond acceptors (Lipinski definition) is 8. The number of hydrogen-bond donors (Lipinski definition) is 4. The molecule has 4 N–H and O–H groups in total. The lowest BCUT2D eigenvalue weighted by atomic mass is 10.1. The number of amides is 2. The Balaban J connectivity index is 1.44. The van der Waals surface area contributed by atoms with Gasteiger partial charge in [0.05, 0.1) is 19.2 Å². The van der Waals surface area contributed by atoms with Crippen LogP contribution in [-0.2, 0) is 22.6 Å². The molecule has 3 rings (SSSR count). The van der Waals surface area contributed by atoms with Crippen LogP contribution in [0.3, 0.4) is 0 Å². The largest absolute Gasteiger partial charge is 0.573 e. The molecule has 0 saturated carbocycles. The Morgan fingerprint density at radius 2 is 2.09 bits per heavy atom. The predicted molar refractivity (Wildman–Crippen MR) is 110 cm³/mol. The molecule has 1 aliphatic rings. The number of benzene rings is 1. The van der Waals surface area contributed by atoms with Gasteiger partial charge >= 0.3 is 6.36 Å². The van der Waals surface area contributed by atoms with Crippen molar-refractivity contribution in [2.75, 3.05) is 18.9 Å². The lowest BCUT2D eigenvalue weighted by Gasteiger charge is -2.16. The zero-order chi connectivity index (χ0) is 24.7. The summed E-state index contributed by atoms with van der Waals surface area (Å²) in [4.78, 5) is 23.7. The van der Waals surface area contributed by atoms with E-state index < -0.39 is 24.2 Å². The first-order valence-electron chi connectivity index (χ1n) is 10.0. The second-order valence-electron chi connectivity index (χ2n) is 7.18. The van der Waals surface area contributed by atoms with Crippen molar-refractivity contribution in [1.29, 1.82) is 0 Å². The van der Waals surface area contributed by atoms with Crippen LogP contribution in [0.2, 0.25) is 0 Å². The number of carbonyl (C=O) groups is 2. The number of alkyl halides is 4. The van der Waals surface area contributed by atoms with Crippen molar-refractivity contribution in [2.45, 2.75) is 31.9 Å². The van der Waals surface area contributed by atoms with Crippen molar-refractivity contribution in [3.63, 3.8) is 0 Å². The fourth-order valence-electron chi connectivity index (χ4n) is 2.97. The second kappa shape index (κ2) is 10.8. The van der Waals surface area contributed by atoms with Crippen molar-refractivity contribution in [3.8, 4) is 5.75 Å². The third-order valence-corrected chi connectivity index (χ3v) is 4.46. The zero-order valence-electron chi connectivity index (χ0n) is 17.9. The Kier molecular flexibility index (Phi) is 7.88. The fraction of sp³-hybridized carbons (Fsp3) is 0.368. The summed E-state index contributed by atoms with van der Waals surface area (Å²) < 4.78 is 56.4. The maximum Gasteiger partial charge on any atom is 0.573 e. The highest BCUT2D eigenvalue weighted by Crippen LogP contribution is 2.23. The van der Waals surface area contributed by atoms with Gasteiger partial charge < -0.3 is 15.4 Å². The van der Waals surface area contributed by atoms with Crippen LogP contribution >= 0.6 is 0 Å². The number of rotatable bonds is 10. The second-order valence-corrected chi connectivity index (χ2v) is 7.18. The number of nitrogens with one attached hydrogen (secondary N) is 4. The Morgan fingerprint density at radius 1 is 1.29 bits per heavy atom. The third kappa shape index (κ3) is 7.61. The first-order chi connectivity index (χ1) is 16.1. The number of ether oxygens (including phenoxy) is 1. The number of nitrogens with zero attached hydrogens (tertiary/aromatic N) is 4. The molecule has 0 radical (unpaired) electrons. The van der Waals surface area contributed by atoms with Gasteiger partial charge in [-0.1, -0.05) is 17.3 Å². The molecular formula is C19H22F4N8O3. The van der Waals surface area contributed by atoms with Crippen molar-refractivity contribution >= 4 is 17.6 Å². The molecule has 1 unspecified atom stereocenters. The van der Waals surface area contributed by atoms with E-state index in [1.165, 1.54) is 41.3 Å². The van der Waals surface area contributed by atoms with Gasteiger partial charge in [0.1, 0.15) is 17.6 Å². The van der Waals surface area contributed by atoms with E-state index in [9.17, 15) is 27.2 Å². The van der Waals surface area contributed by atoms with Crippen LogP contribution in [0.15, 0.2) is 42.4 Å². The van der Waals surface area contributed by atoms with Gasteiger partial charge in [-0.3, -0.25) is 20.0 Å². The summed E-state index contributed by atoms with van der Waals surface area (Å²) in [6, 6.07) is 5.05. The summed E-state index contributed by atoms with van der Waals surface area (Å²) in [6.45, 7) is 0.150. The van der Waals surface area contributed by atoms with Gasteiger partial charge in [-0.05, 0) is 24.1 Å². The quantitative estimate of drug-likeness (QED) is 0.367. The van der Waals surface area contributed by atoms with Crippen LogP contribution in [0.1, 0.15) is 12.0 Å². The molecule has 0 fully saturated rings. The topological polar surface area (TPSA) is 125 Å². The fourth-order valence-corrected chi connectivity index (χ4v) is 2.97. The minimum absolute atomic E-state index is 0.0726. The Bertz CT molecular complexity index is 1040. The highest BCUT2D eigenvalue weighted by atomic mass is 19.4. The zero-order valence-corrected chi connectivity index (χ0v) is 17.9. The number of hydrazine groups is 2. The van der Waals surface area contributed by atoms with Crippen molar-refractivity contribution in [3.05, 3.63) is 47.9 Å². The van der Waals surface area contributed by atoms with Crippen LogP contribution < -0.4 is 26.3 Å². The monoisotopic (exact) mass is 486 g/mol. The minimum Gasteiger partial charge on any atom is -0.406 e. The molecular weight excluding hydrogens is 464 g/mol. The first-order valence-corrected chi connectivity index (χ1v) is 10.0. The summed E-state index contributed by atoms with van der Waals surface area (Å²) in [5.41, 5.74) is 5.98. The first kappa shape index (κ1) is 24.8. The smallest absolute Gasteiger partial charge is 0.406 e. The molecule has 1 aliphatic heterocycles. The SMILES string of the molecule is CNC(=O)C1=CN(CCC(F)Cn2cc(NC(=O)Cc3cccc(OC(F)(F)F)c3)nn2)NN1. The van der Waals surface area contributed by atoms with Crippen molar-refractivity contribution < 1.29 is 31.9 Å². The lowest BCUT2D eigenvalue weighted by Crippen LogP contribution is -2.39. The van der Waals surface area contributed by atoms with Crippen LogP contribution in [-0.4, -0.2) is 57.9 Å². The Labute approximate surface area is 191 Å². The van der Waals surface area contributed by atoms with Gasteiger partial charge in [-0.15, -0.1) is 23.8 Å². The highest BCUT2D eigenvalue weighted by molar-refractivity contribution is 5.92. The van der Waals surface area contributed by atoms with Crippen LogP contribution in [0.25, 0.3) is 0 Å². The molecule has 0 aliphatic carbocycles. The summed E-state index contributed by atoms with van der Waals surface area (Å²) in [5, 5.41) is 13.9. The molecule has 1 aromatic heterocycles. The number of aromatic nitrogens is 3. The molecule has 1 aromatic carbocycles. The average Bonchev–Trinajstić information content (AvgIpc) is 3.40. The van der Waals surface area contributed by atoms with Gasteiger partial charge in [0.2, 0.25) is 5.91 Å². The molecule has 2 heterocycles. The lowest BCUT2D eigenvalue weighted by molar-refractivity contribution is -0.274. The summed E-state index contributed by atoms with van der Waals surface area (Å²) in [7, 11) is 1.49.